The van der Waals surface area contributed by atoms with E-state index < -0.39 is 6.09 Å². The molecule has 3 fully saturated rings. The molecule has 3 aliphatic heterocycles. The highest BCUT2D eigenvalue weighted by atomic mass is 16.5. The van der Waals surface area contributed by atoms with Gasteiger partial charge in [0.1, 0.15) is 5.82 Å². The van der Waals surface area contributed by atoms with E-state index in [9.17, 15) is 9.59 Å². The molecule has 3 saturated heterocycles. The number of nitrogens with zero attached hydrogens (tertiary/aromatic N) is 3. The summed E-state index contributed by atoms with van der Waals surface area (Å²) in [5.74, 6) is 1.21. The van der Waals surface area contributed by atoms with Crippen molar-refractivity contribution in [2.24, 2.45) is 5.41 Å². The van der Waals surface area contributed by atoms with Crippen LogP contribution in [-0.2, 0) is 14.3 Å². The van der Waals surface area contributed by atoms with E-state index in [1.54, 1.807) is 13.1 Å². The van der Waals surface area contributed by atoms with Crippen LogP contribution in [0.25, 0.3) is 0 Å². The summed E-state index contributed by atoms with van der Waals surface area (Å²) in [4.78, 5) is 34.1. The molecular weight excluding hydrogens is 384 g/mol. The summed E-state index contributed by atoms with van der Waals surface area (Å²) in [7, 11) is 0. The number of ether oxygens (including phenoxy) is 2. The zero-order valence-corrected chi connectivity index (χ0v) is 18.0. The molecule has 1 spiro atoms. The Morgan fingerprint density at radius 3 is 2.87 bits per heavy atom. The number of piperidine rings is 1. The number of aromatic nitrogens is 1. The maximum absolute atomic E-state index is 13.5. The lowest BCUT2D eigenvalue weighted by Crippen LogP contribution is -2.50. The first-order valence-electron chi connectivity index (χ1n) is 11.1. The number of aryl methyl sites for hydroxylation is 1. The van der Waals surface area contributed by atoms with E-state index in [0.717, 1.165) is 69.8 Å². The molecular formula is C22H32N4O4. The molecule has 8 nitrogen and oxygen atoms in total. The Kier molecular flexibility index (Phi) is 6.13. The van der Waals surface area contributed by atoms with Crippen molar-refractivity contribution in [1.29, 1.82) is 0 Å². The number of rotatable bonds is 4. The van der Waals surface area contributed by atoms with Crippen LogP contribution >= 0.6 is 0 Å². The van der Waals surface area contributed by atoms with Crippen LogP contribution in [0.4, 0.5) is 16.3 Å². The van der Waals surface area contributed by atoms with Gasteiger partial charge in [-0.3, -0.25) is 10.1 Å². The lowest BCUT2D eigenvalue weighted by atomic mass is 9.78. The Hall–Kier alpha value is -2.35. The standard InChI is InChI=1S/C22H32N4O4/c1-3-30-21(28)24-17-13-16(2)19(23-14-17)25-9-4-7-22(15-25)8-10-26(20(22)27)18-5-11-29-12-6-18/h13-14,18H,3-12,15H2,1-2H3,(H,24,28)/t22-/m1/s1. The fraction of sp³-hybridized carbons (Fsp3) is 0.682. The van der Waals surface area contributed by atoms with Gasteiger partial charge in [0.05, 0.1) is 23.9 Å². The molecule has 0 aliphatic carbocycles. The summed E-state index contributed by atoms with van der Waals surface area (Å²) in [5, 5.41) is 2.70. The third-order valence-corrected chi connectivity index (χ3v) is 6.63. The molecule has 30 heavy (non-hydrogen) atoms. The zero-order chi connectivity index (χ0) is 21.1. The monoisotopic (exact) mass is 416 g/mol. The first kappa shape index (κ1) is 20.9. The van der Waals surface area contributed by atoms with Crippen molar-refractivity contribution in [3.8, 4) is 0 Å². The number of hydrogen-bond donors (Lipinski definition) is 1. The quantitative estimate of drug-likeness (QED) is 0.812. The van der Waals surface area contributed by atoms with Crippen LogP contribution in [0.1, 0.15) is 44.6 Å². The molecule has 1 aromatic rings. The number of nitrogens with one attached hydrogen (secondary N) is 1. The highest BCUT2D eigenvalue weighted by Crippen LogP contribution is 2.43. The Morgan fingerprint density at radius 1 is 1.33 bits per heavy atom. The number of pyridine rings is 1. The van der Waals surface area contributed by atoms with E-state index in [2.05, 4.69) is 20.1 Å². The second kappa shape index (κ2) is 8.79. The Bertz CT molecular complexity index is 795. The molecule has 1 atom stereocenters. The average molecular weight is 417 g/mol. The van der Waals surface area contributed by atoms with Crippen molar-refractivity contribution in [3.63, 3.8) is 0 Å². The molecule has 2 amide bonds. The fourth-order valence-corrected chi connectivity index (χ4v) is 5.14. The van der Waals surface area contributed by atoms with Crippen LogP contribution in [0, 0.1) is 12.3 Å². The van der Waals surface area contributed by atoms with Crippen LogP contribution in [0.5, 0.6) is 0 Å². The number of carbonyl (C=O) groups excluding carboxylic acids is 2. The molecule has 164 valence electrons. The van der Waals surface area contributed by atoms with Crippen LogP contribution in [0.15, 0.2) is 12.3 Å². The summed E-state index contributed by atoms with van der Waals surface area (Å²) in [6.45, 7) is 8.05. The van der Waals surface area contributed by atoms with Crippen molar-refractivity contribution in [3.05, 3.63) is 17.8 Å². The lowest BCUT2D eigenvalue weighted by molar-refractivity contribution is -0.139. The third-order valence-electron chi connectivity index (χ3n) is 6.63. The topological polar surface area (TPSA) is 84.0 Å². The van der Waals surface area contributed by atoms with Gasteiger partial charge in [-0.05, 0) is 57.6 Å². The van der Waals surface area contributed by atoms with Crippen LogP contribution in [0.2, 0.25) is 0 Å². The summed E-state index contributed by atoms with van der Waals surface area (Å²) < 4.78 is 10.4. The van der Waals surface area contributed by atoms with Gasteiger partial charge < -0.3 is 19.3 Å². The SMILES string of the molecule is CCOC(=O)Nc1cnc(N2CCC[C@@]3(CCN(C4CCOCC4)C3=O)C2)c(C)c1. The van der Waals surface area contributed by atoms with Gasteiger partial charge in [0.2, 0.25) is 5.91 Å². The molecule has 0 unspecified atom stereocenters. The first-order chi connectivity index (χ1) is 14.5. The van der Waals surface area contributed by atoms with Crippen molar-refractivity contribution in [1.82, 2.24) is 9.88 Å². The van der Waals surface area contributed by atoms with Gasteiger partial charge in [-0.1, -0.05) is 0 Å². The lowest BCUT2D eigenvalue weighted by Gasteiger charge is -2.41. The zero-order valence-electron chi connectivity index (χ0n) is 18.0. The summed E-state index contributed by atoms with van der Waals surface area (Å²) in [6.07, 6.45) is 5.92. The van der Waals surface area contributed by atoms with E-state index >= 15 is 0 Å². The maximum atomic E-state index is 13.5. The largest absolute Gasteiger partial charge is 0.450 e. The number of carbonyl (C=O) groups is 2. The molecule has 8 heteroatoms. The number of likely N-dealkylation sites (tertiary alicyclic amines) is 1. The Labute approximate surface area is 177 Å². The van der Waals surface area contributed by atoms with Gasteiger partial charge in [0.25, 0.3) is 0 Å². The highest BCUT2D eigenvalue weighted by Gasteiger charge is 2.50. The van der Waals surface area contributed by atoms with Crippen LogP contribution in [0.3, 0.4) is 0 Å². The predicted octanol–water partition coefficient (Wildman–Crippen LogP) is 2.96. The predicted molar refractivity (Wildman–Crippen MR) is 114 cm³/mol. The van der Waals surface area contributed by atoms with Crippen molar-refractivity contribution in [2.45, 2.75) is 52.0 Å². The van der Waals surface area contributed by atoms with E-state index in [1.807, 2.05) is 13.0 Å². The molecule has 4 heterocycles. The van der Waals surface area contributed by atoms with Crippen molar-refractivity contribution < 1.29 is 19.1 Å². The number of anilines is 2. The Morgan fingerprint density at radius 2 is 2.13 bits per heavy atom. The number of amides is 2. The minimum Gasteiger partial charge on any atom is -0.450 e. The van der Waals surface area contributed by atoms with E-state index in [0.29, 0.717) is 30.8 Å². The maximum Gasteiger partial charge on any atom is 0.411 e. The smallest absolute Gasteiger partial charge is 0.411 e. The van der Waals surface area contributed by atoms with Crippen molar-refractivity contribution >= 4 is 23.5 Å². The minimum atomic E-state index is -0.479. The van der Waals surface area contributed by atoms with Crippen LogP contribution < -0.4 is 10.2 Å². The normalized spacial score (nSPS) is 25.1. The molecule has 4 rings (SSSR count). The molecule has 0 saturated carbocycles. The van der Waals surface area contributed by atoms with Gasteiger partial charge >= 0.3 is 6.09 Å². The average Bonchev–Trinajstić information content (AvgIpc) is 3.04. The third kappa shape index (κ3) is 4.10. The van der Waals surface area contributed by atoms with Gasteiger partial charge in [-0.2, -0.15) is 0 Å². The van der Waals surface area contributed by atoms with E-state index in [-0.39, 0.29) is 5.41 Å². The fourth-order valence-electron chi connectivity index (χ4n) is 5.14. The molecule has 1 N–H and O–H groups in total. The van der Waals surface area contributed by atoms with Gasteiger partial charge in [-0.15, -0.1) is 0 Å². The van der Waals surface area contributed by atoms with Gasteiger partial charge in [0, 0.05) is 38.9 Å². The second-order valence-corrected chi connectivity index (χ2v) is 8.61. The summed E-state index contributed by atoms with van der Waals surface area (Å²) in [6, 6.07) is 2.24. The van der Waals surface area contributed by atoms with Gasteiger partial charge in [0.15, 0.2) is 0 Å². The number of hydrogen-bond acceptors (Lipinski definition) is 6. The summed E-state index contributed by atoms with van der Waals surface area (Å²) in [5.41, 5.74) is 1.30. The minimum absolute atomic E-state index is 0.299. The Balaban J connectivity index is 1.46. The molecule has 0 bridgehead atoms. The molecule has 1 aromatic heterocycles. The summed E-state index contributed by atoms with van der Waals surface area (Å²) >= 11 is 0. The van der Waals surface area contributed by atoms with Crippen LogP contribution in [-0.4, -0.2) is 67.4 Å². The van der Waals surface area contributed by atoms with E-state index in [1.165, 1.54) is 0 Å². The van der Waals surface area contributed by atoms with Crippen molar-refractivity contribution in [2.75, 3.05) is 49.7 Å². The highest BCUT2D eigenvalue weighted by molar-refractivity contribution is 5.86. The van der Waals surface area contributed by atoms with Gasteiger partial charge in [-0.25, -0.2) is 9.78 Å². The van der Waals surface area contributed by atoms with E-state index in [4.69, 9.17) is 9.47 Å². The molecule has 0 radical (unpaired) electrons. The molecule has 3 aliphatic rings. The molecule has 0 aromatic carbocycles. The first-order valence-corrected chi connectivity index (χ1v) is 11.1. The second-order valence-electron chi connectivity index (χ2n) is 8.61.